The molecule has 0 saturated heterocycles. The Labute approximate surface area is 163 Å². The maximum atomic E-state index is 12.4. The average Bonchev–Trinajstić information content (AvgIpc) is 2.69. The quantitative estimate of drug-likeness (QED) is 0.734. The predicted octanol–water partition coefficient (Wildman–Crippen LogP) is 2.84. The number of nitrogens with one attached hydrogen (secondary N) is 1. The van der Waals surface area contributed by atoms with Gasteiger partial charge in [-0.1, -0.05) is 35.4 Å². The van der Waals surface area contributed by atoms with Crippen LogP contribution in [0.5, 0.6) is 0 Å². The van der Waals surface area contributed by atoms with Crippen LogP contribution in [0.25, 0.3) is 0 Å². The molecule has 7 heteroatoms. The molecule has 1 aliphatic heterocycles. The molecular formula is C20H22ClN3O3. The normalized spacial score (nSPS) is 15.3. The Balaban J connectivity index is 1.65. The van der Waals surface area contributed by atoms with E-state index in [9.17, 15) is 9.90 Å². The highest BCUT2D eigenvalue weighted by molar-refractivity contribution is 6.33. The standard InChI is InChI=1S/C20H22ClN3O3/c1-13-2-4-16(5-3-13)23-20(27)14-6-8-24(9-7-14)19-17(21)10-15(11-22-19)18(26)12-25/h2-6,10-11,18,25-26H,7-9,12H2,1H3,(H,23,27)/t18-/m1/s1. The van der Waals surface area contributed by atoms with E-state index in [0.717, 1.165) is 16.8 Å². The molecule has 142 valence electrons. The maximum Gasteiger partial charge on any atom is 0.251 e. The number of aryl methyl sites for hydroxylation is 1. The molecule has 0 aliphatic carbocycles. The third kappa shape index (κ3) is 4.66. The van der Waals surface area contributed by atoms with E-state index in [1.165, 1.54) is 6.20 Å². The Hall–Kier alpha value is -2.41. The summed E-state index contributed by atoms with van der Waals surface area (Å²) >= 11 is 6.29. The van der Waals surface area contributed by atoms with Crippen LogP contribution in [0.4, 0.5) is 11.5 Å². The lowest BCUT2D eigenvalue weighted by molar-refractivity contribution is -0.113. The minimum atomic E-state index is -0.998. The molecule has 0 unspecified atom stereocenters. The molecule has 0 fully saturated rings. The van der Waals surface area contributed by atoms with Crippen LogP contribution in [0, 0.1) is 6.92 Å². The second-order valence-corrected chi connectivity index (χ2v) is 6.93. The minimum Gasteiger partial charge on any atom is -0.393 e. The van der Waals surface area contributed by atoms with E-state index in [-0.39, 0.29) is 12.5 Å². The topological polar surface area (TPSA) is 85.7 Å². The number of hydrogen-bond donors (Lipinski definition) is 3. The number of aromatic nitrogens is 1. The Morgan fingerprint density at radius 1 is 1.37 bits per heavy atom. The van der Waals surface area contributed by atoms with Crippen molar-refractivity contribution in [3.05, 3.63) is 64.3 Å². The first kappa shape index (κ1) is 19.4. The predicted molar refractivity (Wildman–Crippen MR) is 106 cm³/mol. The zero-order valence-electron chi connectivity index (χ0n) is 15.0. The van der Waals surface area contributed by atoms with Gasteiger partial charge < -0.3 is 20.4 Å². The van der Waals surface area contributed by atoms with Gasteiger partial charge in [0, 0.05) is 36.1 Å². The first-order valence-electron chi connectivity index (χ1n) is 8.74. The van der Waals surface area contributed by atoms with Gasteiger partial charge >= 0.3 is 0 Å². The third-order valence-electron chi connectivity index (χ3n) is 4.51. The maximum absolute atomic E-state index is 12.4. The first-order chi connectivity index (χ1) is 13.0. The van der Waals surface area contributed by atoms with Gasteiger partial charge in [-0.2, -0.15) is 0 Å². The summed E-state index contributed by atoms with van der Waals surface area (Å²) in [6, 6.07) is 9.29. The number of nitrogens with zero attached hydrogens (tertiary/aromatic N) is 2. The Morgan fingerprint density at radius 3 is 2.70 bits per heavy atom. The van der Waals surface area contributed by atoms with E-state index < -0.39 is 6.10 Å². The van der Waals surface area contributed by atoms with E-state index in [1.807, 2.05) is 42.2 Å². The first-order valence-corrected chi connectivity index (χ1v) is 9.12. The van der Waals surface area contributed by atoms with Gasteiger partial charge in [-0.3, -0.25) is 4.79 Å². The highest BCUT2D eigenvalue weighted by Crippen LogP contribution is 2.28. The Kier molecular flexibility index (Phi) is 6.11. The lowest BCUT2D eigenvalue weighted by Gasteiger charge is -2.28. The fraction of sp³-hybridized carbons (Fsp3) is 0.300. The summed E-state index contributed by atoms with van der Waals surface area (Å²) in [6.07, 6.45) is 2.96. The van der Waals surface area contributed by atoms with Crippen LogP contribution in [0.3, 0.4) is 0 Å². The molecule has 1 atom stereocenters. The van der Waals surface area contributed by atoms with Gasteiger partial charge in [0.2, 0.25) is 0 Å². The summed E-state index contributed by atoms with van der Waals surface area (Å²) in [7, 11) is 0. The van der Waals surface area contributed by atoms with Crippen molar-refractivity contribution in [1.29, 1.82) is 0 Å². The fourth-order valence-electron chi connectivity index (χ4n) is 2.88. The van der Waals surface area contributed by atoms with E-state index >= 15 is 0 Å². The smallest absolute Gasteiger partial charge is 0.251 e. The molecule has 0 saturated carbocycles. The lowest BCUT2D eigenvalue weighted by atomic mass is 10.1. The van der Waals surface area contributed by atoms with Gasteiger partial charge in [0.15, 0.2) is 0 Å². The number of carbonyl (C=O) groups excluding carboxylic acids is 1. The van der Waals surface area contributed by atoms with Crippen molar-refractivity contribution in [2.75, 3.05) is 29.9 Å². The zero-order chi connectivity index (χ0) is 19.4. The lowest BCUT2D eigenvalue weighted by Crippen LogP contribution is -2.32. The minimum absolute atomic E-state index is 0.0982. The number of amides is 1. The number of benzene rings is 1. The van der Waals surface area contributed by atoms with Crippen LogP contribution >= 0.6 is 11.6 Å². The molecule has 2 aromatic rings. The van der Waals surface area contributed by atoms with Crippen LogP contribution in [-0.4, -0.2) is 40.8 Å². The van der Waals surface area contributed by atoms with Gasteiger partial charge in [0.25, 0.3) is 5.91 Å². The average molecular weight is 388 g/mol. The number of pyridine rings is 1. The summed E-state index contributed by atoms with van der Waals surface area (Å²) in [5.74, 6) is 0.499. The van der Waals surface area contributed by atoms with Gasteiger partial charge in [0.05, 0.1) is 11.6 Å². The van der Waals surface area contributed by atoms with Crippen LogP contribution in [0.15, 0.2) is 48.2 Å². The van der Waals surface area contributed by atoms with E-state index in [4.69, 9.17) is 16.7 Å². The largest absolute Gasteiger partial charge is 0.393 e. The van der Waals surface area contributed by atoms with Crippen molar-refractivity contribution in [3.63, 3.8) is 0 Å². The van der Waals surface area contributed by atoms with Crippen LogP contribution in [0.2, 0.25) is 5.02 Å². The highest BCUT2D eigenvalue weighted by Gasteiger charge is 2.20. The van der Waals surface area contributed by atoms with Crippen LogP contribution < -0.4 is 10.2 Å². The molecule has 0 bridgehead atoms. The van der Waals surface area contributed by atoms with Crippen molar-refractivity contribution < 1.29 is 15.0 Å². The molecule has 1 aliphatic rings. The van der Waals surface area contributed by atoms with Crippen molar-refractivity contribution in [2.45, 2.75) is 19.4 Å². The van der Waals surface area contributed by atoms with Crippen molar-refractivity contribution in [2.24, 2.45) is 0 Å². The number of halogens is 1. The monoisotopic (exact) mass is 387 g/mol. The number of aliphatic hydroxyl groups excluding tert-OH is 2. The molecule has 1 aromatic carbocycles. The summed E-state index contributed by atoms with van der Waals surface area (Å²) in [5.41, 5.74) is 3.12. The molecule has 3 rings (SSSR count). The van der Waals surface area contributed by atoms with Crippen LogP contribution in [0.1, 0.15) is 23.7 Å². The summed E-state index contributed by atoms with van der Waals surface area (Å²) in [4.78, 5) is 18.7. The number of rotatable bonds is 5. The molecule has 3 N–H and O–H groups in total. The zero-order valence-corrected chi connectivity index (χ0v) is 15.8. The molecule has 27 heavy (non-hydrogen) atoms. The van der Waals surface area contributed by atoms with E-state index in [1.54, 1.807) is 6.07 Å². The van der Waals surface area contributed by atoms with Gasteiger partial charge in [0.1, 0.15) is 11.9 Å². The van der Waals surface area contributed by atoms with Crippen molar-refractivity contribution >= 4 is 29.0 Å². The molecule has 1 aromatic heterocycles. The SMILES string of the molecule is Cc1ccc(NC(=O)C2=CCN(c3ncc([C@H](O)CO)cc3Cl)CC2)cc1. The second kappa shape index (κ2) is 8.52. The molecule has 6 nitrogen and oxygen atoms in total. The number of aliphatic hydroxyl groups is 2. The molecule has 0 spiro atoms. The number of hydrogen-bond acceptors (Lipinski definition) is 5. The highest BCUT2D eigenvalue weighted by atomic mass is 35.5. The molecule has 1 amide bonds. The van der Waals surface area contributed by atoms with E-state index in [0.29, 0.717) is 35.9 Å². The third-order valence-corrected chi connectivity index (χ3v) is 4.79. The van der Waals surface area contributed by atoms with Gasteiger partial charge in [-0.15, -0.1) is 0 Å². The number of anilines is 2. The van der Waals surface area contributed by atoms with Gasteiger partial charge in [-0.25, -0.2) is 4.98 Å². The Bertz CT molecular complexity index is 852. The number of carbonyl (C=O) groups is 1. The molecular weight excluding hydrogens is 366 g/mol. The summed E-state index contributed by atoms with van der Waals surface area (Å²) < 4.78 is 0. The molecule has 2 heterocycles. The van der Waals surface area contributed by atoms with Crippen molar-refractivity contribution in [1.82, 2.24) is 4.98 Å². The van der Waals surface area contributed by atoms with Crippen molar-refractivity contribution in [3.8, 4) is 0 Å². The summed E-state index contributed by atoms with van der Waals surface area (Å²) in [5, 5.41) is 22.0. The second-order valence-electron chi connectivity index (χ2n) is 6.52. The Morgan fingerprint density at radius 2 is 2.11 bits per heavy atom. The molecule has 0 radical (unpaired) electrons. The summed E-state index contributed by atoms with van der Waals surface area (Å²) in [6.45, 7) is 2.75. The van der Waals surface area contributed by atoms with Gasteiger partial charge in [-0.05, 0) is 31.5 Å². The fourth-order valence-corrected chi connectivity index (χ4v) is 3.18. The van der Waals surface area contributed by atoms with Crippen LogP contribution in [-0.2, 0) is 4.79 Å². The van der Waals surface area contributed by atoms with E-state index in [2.05, 4.69) is 10.3 Å².